The number of benzene rings is 2. The van der Waals surface area contributed by atoms with Crippen LogP contribution in [0, 0.1) is 12.7 Å². The molecule has 1 aromatic heterocycles. The van der Waals surface area contributed by atoms with E-state index in [0.29, 0.717) is 30.2 Å². The normalized spacial score (nSPS) is 11.1. The summed E-state index contributed by atoms with van der Waals surface area (Å²) in [4.78, 5) is 19.5. The number of imidazole rings is 1. The number of halogens is 1. The fraction of sp³-hybridized carbons (Fsp3) is 0.182. The predicted molar refractivity (Wildman–Crippen MR) is 110 cm³/mol. The molecule has 0 bridgehead atoms. The van der Waals surface area contributed by atoms with Crippen molar-refractivity contribution < 1.29 is 9.13 Å². The number of aromatic nitrogens is 2. The van der Waals surface area contributed by atoms with Gasteiger partial charge in [-0.15, -0.1) is 0 Å². The first kappa shape index (κ1) is 19.4. The predicted octanol–water partition coefficient (Wildman–Crippen LogP) is 4.49. The maximum absolute atomic E-state index is 13.1. The molecular formula is C22H22FN3O2. The van der Waals surface area contributed by atoms with Crippen LogP contribution in [0.25, 0.3) is 5.57 Å². The summed E-state index contributed by atoms with van der Waals surface area (Å²) < 4.78 is 20.3. The third-order valence-electron chi connectivity index (χ3n) is 4.35. The Morgan fingerprint density at radius 3 is 2.68 bits per heavy atom. The van der Waals surface area contributed by atoms with E-state index < -0.39 is 0 Å². The zero-order valence-corrected chi connectivity index (χ0v) is 15.9. The lowest BCUT2D eigenvalue weighted by atomic mass is 10.1. The van der Waals surface area contributed by atoms with Crippen molar-refractivity contribution in [3.63, 3.8) is 0 Å². The van der Waals surface area contributed by atoms with Gasteiger partial charge in [-0.25, -0.2) is 14.2 Å². The molecule has 1 heterocycles. The van der Waals surface area contributed by atoms with Crippen LogP contribution in [0.15, 0.2) is 64.9 Å². The van der Waals surface area contributed by atoms with Crippen LogP contribution in [-0.2, 0) is 6.54 Å². The monoisotopic (exact) mass is 379 g/mol. The number of hydrogen-bond donors (Lipinski definition) is 1. The lowest BCUT2D eigenvalue weighted by Crippen LogP contribution is -2.18. The highest BCUT2D eigenvalue weighted by molar-refractivity contribution is 6.10. The minimum absolute atomic E-state index is 0.269. The third kappa shape index (κ3) is 4.28. The summed E-state index contributed by atoms with van der Waals surface area (Å²) in [6.45, 7) is 8.68. The van der Waals surface area contributed by atoms with Crippen LogP contribution in [0.3, 0.4) is 0 Å². The van der Waals surface area contributed by atoms with Gasteiger partial charge in [0.25, 0.3) is 0 Å². The number of ether oxygens (including phenoxy) is 1. The van der Waals surface area contributed by atoms with Crippen molar-refractivity contribution in [2.75, 3.05) is 6.61 Å². The molecule has 0 amide bonds. The Morgan fingerprint density at radius 2 is 1.96 bits per heavy atom. The molecule has 3 rings (SSSR count). The van der Waals surface area contributed by atoms with Gasteiger partial charge >= 0.3 is 5.69 Å². The Labute approximate surface area is 162 Å². The summed E-state index contributed by atoms with van der Waals surface area (Å²) >= 11 is 0. The van der Waals surface area contributed by atoms with Gasteiger partial charge in [0.1, 0.15) is 11.6 Å². The van der Waals surface area contributed by atoms with Gasteiger partial charge < -0.3 is 4.74 Å². The maximum Gasteiger partial charge on any atom is 0.327 e. The quantitative estimate of drug-likeness (QED) is 0.615. The van der Waals surface area contributed by atoms with Gasteiger partial charge in [0.05, 0.1) is 18.8 Å². The van der Waals surface area contributed by atoms with Crippen LogP contribution in [0.1, 0.15) is 23.7 Å². The number of H-pyrrole nitrogens is 1. The minimum atomic E-state index is -0.307. The molecule has 0 aliphatic rings. The van der Waals surface area contributed by atoms with Gasteiger partial charge in [-0.3, -0.25) is 9.55 Å². The number of hydrogen-bond acceptors (Lipinski definition) is 3. The van der Waals surface area contributed by atoms with E-state index in [1.165, 1.54) is 12.1 Å². The van der Waals surface area contributed by atoms with Gasteiger partial charge in [0, 0.05) is 11.8 Å². The lowest BCUT2D eigenvalue weighted by molar-refractivity contribution is 0.339. The molecule has 0 unspecified atom stereocenters. The van der Waals surface area contributed by atoms with E-state index in [0.717, 1.165) is 16.9 Å². The number of nitrogens with one attached hydrogen (secondary N) is 1. The van der Waals surface area contributed by atoms with Crippen LogP contribution in [0.4, 0.5) is 10.2 Å². The summed E-state index contributed by atoms with van der Waals surface area (Å²) in [6.07, 6.45) is 1.61. The number of allylic oxidation sites excluding steroid dienone is 1. The van der Waals surface area contributed by atoms with Gasteiger partial charge in [-0.05, 0) is 43.2 Å². The Morgan fingerprint density at radius 1 is 1.25 bits per heavy atom. The Bertz CT molecular complexity index is 1060. The number of nitrogens with zero attached hydrogens (tertiary/aromatic N) is 2. The van der Waals surface area contributed by atoms with Crippen molar-refractivity contribution in [1.29, 1.82) is 0 Å². The highest BCUT2D eigenvalue weighted by Crippen LogP contribution is 2.24. The largest absolute Gasteiger partial charge is 0.493 e. The Hall–Kier alpha value is -3.41. The molecule has 0 atom stereocenters. The van der Waals surface area contributed by atoms with E-state index in [4.69, 9.17) is 4.74 Å². The van der Waals surface area contributed by atoms with E-state index in [1.807, 2.05) is 38.1 Å². The molecule has 5 nitrogen and oxygen atoms in total. The highest BCUT2D eigenvalue weighted by Gasteiger charge is 2.10. The number of para-hydroxylation sites is 1. The smallest absolute Gasteiger partial charge is 0.327 e. The molecule has 3 aromatic rings. The first-order valence-corrected chi connectivity index (χ1v) is 8.98. The molecule has 6 heteroatoms. The second-order valence-electron chi connectivity index (χ2n) is 6.29. The lowest BCUT2D eigenvalue weighted by Gasteiger charge is -2.09. The van der Waals surface area contributed by atoms with Crippen molar-refractivity contribution in [2.45, 2.75) is 20.4 Å². The standard InChI is InChI=1S/C22H22FN3O2/c1-4-28-20-8-6-5-7-19(20)15(2)13-24-21-16(3)26(22(27)25-21)14-17-9-11-18(23)12-10-17/h5-13H,2,4,14H2,1,3H3,(H,25,27)/b24-13-. The molecule has 144 valence electrons. The van der Waals surface area contributed by atoms with Gasteiger partial charge in [0.2, 0.25) is 0 Å². The molecule has 0 spiro atoms. The molecule has 0 saturated carbocycles. The van der Waals surface area contributed by atoms with Crippen molar-refractivity contribution in [1.82, 2.24) is 9.55 Å². The number of aliphatic imine (C=N–C) groups is 1. The first-order chi connectivity index (χ1) is 13.5. The van der Waals surface area contributed by atoms with Gasteiger partial charge in [-0.2, -0.15) is 0 Å². The van der Waals surface area contributed by atoms with Gasteiger partial charge in [-0.1, -0.05) is 36.9 Å². The fourth-order valence-corrected chi connectivity index (χ4v) is 2.85. The van der Waals surface area contributed by atoms with Gasteiger partial charge in [0.15, 0.2) is 5.82 Å². The van der Waals surface area contributed by atoms with E-state index in [1.54, 1.807) is 22.9 Å². The zero-order valence-electron chi connectivity index (χ0n) is 15.9. The third-order valence-corrected chi connectivity index (χ3v) is 4.35. The van der Waals surface area contributed by atoms with Crippen molar-refractivity contribution >= 4 is 17.6 Å². The highest BCUT2D eigenvalue weighted by atomic mass is 19.1. The fourth-order valence-electron chi connectivity index (χ4n) is 2.85. The summed E-state index contributed by atoms with van der Waals surface area (Å²) in [5.74, 6) is 0.890. The second-order valence-corrected chi connectivity index (χ2v) is 6.29. The van der Waals surface area contributed by atoms with Crippen LogP contribution in [-0.4, -0.2) is 22.4 Å². The average molecular weight is 379 g/mol. The molecule has 0 fully saturated rings. The van der Waals surface area contributed by atoms with E-state index >= 15 is 0 Å². The summed E-state index contributed by atoms with van der Waals surface area (Å²) in [6, 6.07) is 13.7. The molecule has 0 aliphatic heterocycles. The molecular weight excluding hydrogens is 357 g/mol. The van der Waals surface area contributed by atoms with Crippen molar-refractivity contribution in [3.8, 4) is 5.75 Å². The van der Waals surface area contributed by atoms with Crippen LogP contribution < -0.4 is 10.4 Å². The topological polar surface area (TPSA) is 59.4 Å². The molecule has 2 aromatic carbocycles. The molecule has 1 N–H and O–H groups in total. The zero-order chi connectivity index (χ0) is 20.1. The number of rotatable bonds is 7. The molecule has 0 radical (unpaired) electrons. The SMILES string of the molecule is C=C(/C=N\c1[nH]c(=O)n(Cc2ccc(F)cc2)c1C)c1ccccc1OCC. The van der Waals surface area contributed by atoms with Crippen molar-refractivity contribution in [2.24, 2.45) is 4.99 Å². The van der Waals surface area contributed by atoms with E-state index in [9.17, 15) is 9.18 Å². The first-order valence-electron chi connectivity index (χ1n) is 8.98. The summed E-state index contributed by atoms with van der Waals surface area (Å²) in [5.41, 5.74) is 2.77. The van der Waals surface area contributed by atoms with Crippen LogP contribution in [0.5, 0.6) is 5.75 Å². The Kier molecular flexibility index (Phi) is 5.89. The van der Waals surface area contributed by atoms with E-state index in [2.05, 4.69) is 16.6 Å². The summed E-state index contributed by atoms with van der Waals surface area (Å²) in [5, 5.41) is 0. The Balaban J connectivity index is 1.82. The second kappa shape index (κ2) is 8.52. The van der Waals surface area contributed by atoms with Crippen LogP contribution in [0.2, 0.25) is 0 Å². The summed E-state index contributed by atoms with van der Waals surface area (Å²) in [7, 11) is 0. The molecule has 0 aliphatic carbocycles. The van der Waals surface area contributed by atoms with Crippen LogP contribution >= 0.6 is 0 Å². The molecule has 0 saturated heterocycles. The number of aromatic amines is 1. The van der Waals surface area contributed by atoms with Crippen molar-refractivity contribution in [3.05, 3.63) is 88.2 Å². The van der Waals surface area contributed by atoms with E-state index in [-0.39, 0.29) is 11.5 Å². The average Bonchev–Trinajstić information content (AvgIpc) is 2.96. The molecule has 28 heavy (non-hydrogen) atoms. The minimum Gasteiger partial charge on any atom is -0.493 e. The maximum atomic E-state index is 13.1.